The molecule has 1 atom stereocenters. The highest BCUT2D eigenvalue weighted by molar-refractivity contribution is 6.39. The SMILES string of the molecule is COC(=O)C1CCC(CCc2c(O)c3c(=O)cc(CO)c4c5c(CO)cc(NCC6CCC(COC=O)CC6)c6c(=O)c(OC)c7c(c(c2C=C(C)C7C(C)=O)c34)c65)CC1. The molecule has 5 aromatic rings. The monoisotopic (exact) mass is 819 g/mol. The van der Waals surface area contributed by atoms with Crippen molar-refractivity contribution in [1.29, 1.82) is 0 Å². The van der Waals surface area contributed by atoms with Crippen molar-refractivity contribution < 1.29 is 43.9 Å². The van der Waals surface area contributed by atoms with Crippen molar-refractivity contribution in [3.63, 3.8) is 0 Å². The lowest BCUT2D eigenvalue weighted by Gasteiger charge is -2.29. The molecule has 0 heterocycles. The Morgan fingerprint density at radius 2 is 1.45 bits per heavy atom. The summed E-state index contributed by atoms with van der Waals surface area (Å²) in [6.45, 7) is 3.76. The summed E-state index contributed by atoms with van der Waals surface area (Å²) in [5.74, 6) is -0.811. The van der Waals surface area contributed by atoms with E-state index in [1.54, 1.807) is 6.07 Å². The van der Waals surface area contributed by atoms with E-state index in [1.165, 1.54) is 27.2 Å². The number of fused-ring (bicyclic) bond motifs is 1. The number of hydrogen-bond acceptors (Lipinski definition) is 12. The molecule has 60 heavy (non-hydrogen) atoms. The second-order valence-corrected chi connectivity index (χ2v) is 17.4. The van der Waals surface area contributed by atoms with Crippen LogP contribution < -0.4 is 20.9 Å². The highest BCUT2D eigenvalue weighted by Crippen LogP contribution is 2.54. The van der Waals surface area contributed by atoms with Crippen LogP contribution in [0, 0.1) is 23.7 Å². The van der Waals surface area contributed by atoms with Crippen LogP contribution in [0.1, 0.15) is 105 Å². The summed E-state index contributed by atoms with van der Waals surface area (Å²) >= 11 is 0. The van der Waals surface area contributed by atoms with Gasteiger partial charge < -0.3 is 34.8 Å². The van der Waals surface area contributed by atoms with Gasteiger partial charge in [0.1, 0.15) is 11.5 Å². The Morgan fingerprint density at radius 1 is 0.817 bits per heavy atom. The highest BCUT2D eigenvalue weighted by Gasteiger charge is 2.37. The number of hydrogen-bond donors (Lipinski definition) is 4. The predicted octanol–water partition coefficient (Wildman–Crippen LogP) is 6.99. The Bertz CT molecular complexity index is 2670. The van der Waals surface area contributed by atoms with Crippen molar-refractivity contribution in [2.45, 2.75) is 97.2 Å². The molecule has 3 aliphatic rings. The number of rotatable bonds is 14. The zero-order chi connectivity index (χ0) is 42.6. The second kappa shape index (κ2) is 16.6. The molecular weight excluding hydrogens is 767 g/mol. The van der Waals surface area contributed by atoms with E-state index in [4.69, 9.17) is 14.2 Å². The lowest BCUT2D eigenvalue weighted by Crippen LogP contribution is -2.24. The van der Waals surface area contributed by atoms with Gasteiger partial charge in [0.15, 0.2) is 11.2 Å². The number of benzene rings is 5. The number of carbonyl (C=O) groups is 3. The van der Waals surface area contributed by atoms with Crippen LogP contribution in [0.15, 0.2) is 27.3 Å². The van der Waals surface area contributed by atoms with E-state index in [0.29, 0.717) is 128 Å². The molecule has 2 fully saturated rings. The molecule has 3 aliphatic carbocycles. The maximum atomic E-state index is 15.1. The molecule has 8 rings (SSSR count). The number of aliphatic hydroxyl groups excluding tert-OH is 2. The first-order valence-electron chi connectivity index (χ1n) is 21.2. The molecule has 0 radical (unpaired) electrons. The summed E-state index contributed by atoms with van der Waals surface area (Å²) in [4.78, 5) is 66.3. The molecule has 0 amide bonds. The van der Waals surface area contributed by atoms with Crippen molar-refractivity contribution in [2.24, 2.45) is 23.7 Å². The normalized spacial score (nSPS) is 21.7. The Morgan fingerprint density at radius 3 is 2.07 bits per heavy atom. The van der Waals surface area contributed by atoms with Gasteiger partial charge in [0, 0.05) is 34.1 Å². The zero-order valence-corrected chi connectivity index (χ0v) is 34.7. The van der Waals surface area contributed by atoms with Crippen LogP contribution in [0.5, 0.6) is 11.5 Å². The minimum atomic E-state index is -0.909. The van der Waals surface area contributed by atoms with Crippen LogP contribution in [-0.2, 0) is 43.5 Å². The van der Waals surface area contributed by atoms with Crippen LogP contribution in [0.4, 0.5) is 5.69 Å². The van der Waals surface area contributed by atoms with Crippen LogP contribution in [0.25, 0.3) is 49.2 Å². The van der Waals surface area contributed by atoms with Gasteiger partial charge in [-0.1, -0.05) is 11.6 Å². The second-order valence-electron chi connectivity index (χ2n) is 17.4. The smallest absolute Gasteiger partial charge is 0.308 e. The number of aliphatic hydroxyl groups is 2. The highest BCUT2D eigenvalue weighted by atomic mass is 16.5. The minimum absolute atomic E-state index is 0.00832. The standard InChI is InChI=1S/C48H53NO11/c1-23-15-32-31(14-11-25-9-12-28(13-10-25)48(57)59-4)45(55)40-34(54)17-30(20-51)37-36-29(19-50)16-33(49-18-26-5-7-27(8-6-26)21-60-22-52)39-42(36)43(38(32)41(37)40)44(35(23)24(2)53)47(58-3)46(39)56/h15-17,22,25-28,35,49-51,55H,5-14,18-21H2,1-4H3. The molecule has 0 aromatic heterocycles. The van der Waals surface area contributed by atoms with E-state index in [1.807, 2.05) is 13.0 Å². The summed E-state index contributed by atoms with van der Waals surface area (Å²) in [5, 5.41) is 41.3. The topological polar surface area (TPSA) is 186 Å². The molecule has 12 nitrogen and oxygen atoms in total. The molecule has 2 saturated carbocycles. The number of methoxy groups -OCH3 is 2. The van der Waals surface area contributed by atoms with E-state index in [2.05, 4.69) is 5.32 Å². The lowest BCUT2D eigenvalue weighted by molar-refractivity contribution is -0.146. The number of phenols is 1. The van der Waals surface area contributed by atoms with Gasteiger partial charge in [0.25, 0.3) is 6.47 Å². The summed E-state index contributed by atoms with van der Waals surface area (Å²) in [7, 11) is 2.82. The molecule has 12 heteroatoms. The number of anilines is 1. The molecular formula is C48H53NO11. The molecule has 316 valence electrons. The van der Waals surface area contributed by atoms with Gasteiger partial charge in [0.05, 0.1) is 56.6 Å². The Hall–Kier alpha value is -5.33. The summed E-state index contributed by atoms with van der Waals surface area (Å²) in [5.41, 5.74) is 2.53. The van der Waals surface area contributed by atoms with Crippen LogP contribution >= 0.6 is 0 Å². The van der Waals surface area contributed by atoms with Crippen molar-refractivity contribution in [3.8, 4) is 11.5 Å². The Labute approximate surface area is 347 Å². The number of allylic oxidation sites excluding steroid dienone is 1. The summed E-state index contributed by atoms with van der Waals surface area (Å²) in [6.07, 6.45) is 9.59. The third-order valence-electron chi connectivity index (χ3n) is 14.0. The average molecular weight is 820 g/mol. The number of Topliss-reactive ketones (excluding diaryl/α,β-unsaturated/α-hetero) is 1. The van der Waals surface area contributed by atoms with E-state index in [9.17, 15) is 34.5 Å². The van der Waals surface area contributed by atoms with E-state index in [0.717, 1.165) is 38.5 Å². The third-order valence-corrected chi connectivity index (χ3v) is 14.0. The van der Waals surface area contributed by atoms with Gasteiger partial charge in [-0.05, 0) is 146 Å². The molecule has 0 saturated heterocycles. The first-order chi connectivity index (χ1) is 29.0. The molecule has 4 N–H and O–H groups in total. The number of phenolic OH excluding ortho intramolecular Hbond substituents is 1. The molecule has 1 unspecified atom stereocenters. The first kappa shape index (κ1) is 41.4. The number of carbonyl (C=O) groups excluding carboxylic acids is 3. The number of nitrogens with one attached hydrogen (secondary N) is 1. The van der Waals surface area contributed by atoms with E-state index < -0.39 is 30.0 Å². The van der Waals surface area contributed by atoms with E-state index in [-0.39, 0.29) is 46.4 Å². The van der Waals surface area contributed by atoms with Gasteiger partial charge in [-0.2, -0.15) is 0 Å². The average Bonchev–Trinajstić information content (AvgIpc) is 3.38. The predicted molar refractivity (Wildman–Crippen MR) is 230 cm³/mol. The first-order valence-corrected chi connectivity index (χ1v) is 21.2. The Kier molecular flexibility index (Phi) is 11.5. The number of ether oxygens (including phenoxy) is 3. The summed E-state index contributed by atoms with van der Waals surface area (Å²) < 4.78 is 16.1. The third kappa shape index (κ3) is 6.72. The summed E-state index contributed by atoms with van der Waals surface area (Å²) in [6, 6.07) is 3.09. The minimum Gasteiger partial charge on any atom is -0.507 e. The largest absolute Gasteiger partial charge is 0.507 e. The number of esters is 1. The molecule has 0 bridgehead atoms. The van der Waals surface area contributed by atoms with Crippen LogP contribution in [0.2, 0.25) is 0 Å². The molecule has 5 aromatic carbocycles. The van der Waals surface area contributed by atoms with Crippen molar-refractivity contribution >= 4 is 73.1 Å². The number of ketones is 1. The fourth-order valence-electron chi connectivity index (χ4n) is 11.1. The van der Waals surface area contributed by atoms with E-state index >= 15 is 4.79 Å². The zero-order valence-electron chi connectivity index (χ0n) is 34.7. The van der Waals surface area contributed by atoms with Crippen LogP contribution in [0.3, 0.4) is 0 Å². The number of aromatic hydroxyl groups is 1. The Balaban J connectivity index is 1.41. The van der Waals surface area contributed by atoms with Gasteiger partial charge >= 0.3 is 5.97 Å². The van der Waals surface area contributed by atoms with Crippen molar-refractivity contribution in [1.82, 2.24) is 0 Å². The fraction of sp³-hybridized carbons (Fsp3) is 0.479. The van der Waals surface area contributed by atoms with Gasteiger partial charge in [-0.15, -0.1) is 0 Å². The maximum absolute atomic E-state index is 15.1. The lowest BCUT2D eigenvalue weighted by atomic mass is 9.77. The van der Waals surface area contributed by atoms with Crippen LogP contribution in [-0.4, -0.2) is 60.9 Å². The molecule has 0 aliphatic heterocycles. The molecule has 0 spiro atoms. The van der Waals surface area contributed by atoms with Gasteiger partial charge in [0.2, 0.25) is 5.43 Å². The van der Waals surface area contributed by atoms with Crippen molar-refractivity contribution in [3.05, 3.63) is 66.0 Å². The van der Waals surface area contributed by atoms with Crippen molar-refractivity contribution in [2.75, 3.05) is 32.7 Å². The fourth-order valence-corrected chi connectivity index (χ4v) is 11.1. The van der Waals surface area contributed by atoms with Gasteiger partial charge in [-0.3, -0.25) is 24.0 Å². The maximum Gasteiger partial charge on any atom is 0.308 e. The van der Waals surface area contributed by atoms with Gasteiger partial charge in [-0.25, -0.2) is 0 Å². The quantitative estimate of drug-likeness (QED) is 0.0390.